The van der Waals surface area contributed by atoms with E-state index in [0.717, 1.165) is 5.69 Å². The second kappa shape index (κ2) is 4.61. The van der Waals surface area contributed by atoms with Gasteiger partial charge in [0, 0.05) is 5.69 Å². The average Bonchev–Trinajstić information content (AvgIpc) is 2.60. The van der Waals surface area contributed by atoms with Crippen molar-refractivity contribution in [2.45, 2.75) is 59.8 Å². The lowest BCUT2D eigenvalue weighted by atomic mass is 9.71. The van der Waals surface area contributed by atoms with Gasteiger partial charge >= 0.3 is 0 Å². The normalized spacial score (nSPS) is 20.6. The van der Waals surface area contributed by atoms with Gasteiger partial charge in [0.15, 0.2) is 0 Å². The van der Waals surface area contributed by atoms with Gasteiger partial charge in [0.05, 0.1) is 5.92 Å². The van der Waals surface area contributed by atoms with Crippen molar-refractivity contribution in [3.8, 4) is 0 Å². The summed E-state index contributed by atoms with van der Waals surface area (Å²) < 4.78 is 0. The quantitative estimate of drug-likeness (QED) is 0.789. The number of anilines is 1. The van der Waals surface area contributed by atoms with E-state index in [1.807, 2.05) is 0 Å². The Labute approximate surface area is 123 Å². The van der Waals surface area contributed by atoms with E-state index in [-0.39, 0.29) is 22.7 Å². The minimum Gasteiger partial charge on any atom is -0.325 e. The van der Waals surface area contributed by atoms with E-state index < -0.39 is 0 Å². The Hall–Kier alpha value is -1.31. The zero-order valence-corrected chi connectivity index (χ0v) is 13.8. The van der Waals surface area contributed by atoms with Crippen molar-refractivity contribution in [2.24, 2.45) is 11.3 Å². The van der Waals surface area contributed by atoms with Crippen molar-refractivity contribution >= 4 is 11.6 Å². The summed E-state index contributed by atoms with van der Waals surface area (Å²) in [5, 5.41) is 3.04. The van der Waals surface area contributed by atoms with Crippen LogP contribution in [0.1, 0.15) is 65.5 Å². The van der Waals surface area contributed by atoms with Crippen molar-refractivity contribution in [1.29, 1.82) is 0 Å². The van der Waals surface area contributed by atoms with E-state index in [2.05, 4.69) is 72.0 Å². The standard InChI is InChI=1S/C18H27NO/c1-11(17(2,3)4)15-13-10-12(18(5,6)7)8-9-14(13)19-16(15)20/h8-11,15H,1-7H3,(H,19,20). The summed E-state index contributed by atoms with van der Waals surface area (Å²) in [5.74, 6) is 0.416. The summed E-state index contributed by atoms with van der Waals surface area (Å²) in [6.07, 6.45) is 0. The molecule has 0 fully saturated rings. The first-order chi connectivity index (χ1) is 9.01. The van der Waals surface area contributed by atoms with Crippen LogP contribution in [0.25, 0.3) is 0 Å². The molecule has 20 heavy (non-hydrogen) atoms. The Bertz CT molecular complexity index is 531. The first-order valence-corrected chi connectivity index (χ1v) is 7.47. The van der Waals surface area contributed by atoms with Gasteiger partial charge in [0.25, 0.3) is 0 Å². The maximum atomic E-state index is 12.4. The molecule has 110 valence electrons. The molecule has 0 saturated carbocycles. The van der Waals surface area contributed by atoms with E-state index in [4.69, 9.17) is 0 Å². The Balaban J connectivity index is 2.48. The molecule has 2 rings (SSSR count). The number of nitrogens with one attached hydrogen (secondary N) is 1. The Morgan fingerprint density at radius 2 is 1.70 bits per heavy atom. The SMILES string of the molecule is CC(C1C(=O)Nc2ccc(C(C)(C)C)cc21)C(C)(C)C. The zero-order chi connectivity index (χ0) is 15.3. The summed E-state index contributed by atoms with van der Waals surface area (Å²) in [6.45, 7) is 15.4. The third kappa shape index (κ3) is 2.61. The third-order valence-electron chi connectivity index (χ3n) is 4.66. The van der Waals surface area contributed by atoms with Crippen molar-refractivity contribution in [3.05, 3.63) is 29.3 Å². The van der Waals surface area contributed by atoms with Crippen molar-refractivity contribution in [2.75, 3.05) is 5.32 Å². The third-order valence-corrected chi connectivity index (χ3v) is 4.66. The van der Waals surface area contributed by atoms with Gasteiger partial charge in [-0.15, -0.1) is 0 Å². The number of carbonyl (C=O) groups excluding carboxylic acids is 1. The van der Waals surface area contributed by atoms with Gasteiger partial charge in [-0.2, -0.15) is 0 Å². The average molecular weight is 273 g/mol. The predicted molar refractivity (Wildman–Crippen MR) is 85.1 cm³/mol. The van der Waals surface area contributed by atoms with Crippen molar-refractivity contribution in [3.63, 3.8) is 0 Å². The molecule has 0 radical (unpaired) electrons. The number of hydrogen-bond acceptors (Lipinski definition) is 1. The number of hydrogen-bond donors (Lipinski definition) is 1. The molecule has 1 N–H and O–H groups in total. The highest BCUT2D eigenvalue weighted by atomic mass is 16.2. The molecule has 0 bridgehead atoms. The summed E-state index contributed by atoms with van der Waals surface area (Å²) in [7, 11) is 0. The van der Waals surface area contributed by atoms with Gasteiger partial charge in [-0.25, -0.2) is 0 Å². The van der Waals surface area contributed by atoms with Crippen LogP contribution in [-0.4, -0.2) is 5.91 Å². The fourth-order valence-electron chi connectivity index (χ4n) is 2.75. The molecule has 1 aromatic rings. The number of fused-ring (bicyclic) bond motifs is 1. The lowest BCUT2D eigenvalue weighted by molar-refractivity contribution is -0.118. The van der Waals surface area contributed by atoms with Crippen molar-refractivity contribution in [1.82, 2.24) is 0 Å². The highest BCUT2D eigenvalue weighted by Crippen LogP contribution is 2.45. The smallest absolute Gasteiger partial charge is 0.232 e. The summed E-state index contributed by atoms with van der Waals surface area (Å²) in [4.78, 5) is 12.4. The molecule has 2 atom stereocenters. The second-order valence-electron chi connectivity index (χ2n) is 8.17. The summed E-state index contributed by atoms with van der Waals surface area (Å²) in [5.41, 5.74) is 3.67. The molecule has 0 saturated heterocycles. The van der Waals surface area contributed by atoms with E-state index in [0.29, 0.717) is 5.92 Å². The van der Waals surface area contributed by atoms with Crippen LogP contribution in [-0.2, 0) is 10.2 Å². The molecule has 0 aliphatic carbocycles. The highest BCUT2D eigenvalue weighted by molar-refractivity contribution is 6.03. The van der Waals surface area contributed by atoms with Crippen LogP contribution in [0.15, 0.2) is 18.2 Å². The highest BCUT2D eigenvalue weighted by Gasteiger charge is 2.40. The van der Waals surface area contributed by atoms with Gasteiger partial charge in [0.2, 0.25) is 5.91 Å². The maximum absolute atomic E-state index is 12.4. The summed E-state index contributed by atoms with van der Waals surface area (Å²) in [6, 6.07) is 6.41. The molecule has 0 spiro atoms. The van der Waals surface area contributed by atoms with Gasteiger partial charge in [0.1, 0.15) is 0 Å². The van der Waals surface area contributed by atoms with Crippen LogP contribution < -0.4 is 5.32 Å². The number of amides is 1. The largest absolute Gasteiger partial charge is 0.325 e. The van der Waals surface area contributed by atoms with E-state index >= 15 is 0 Å². The lowest BCUT2D eigenvalue weighted by Crippen LogP contribution is -2.28. The molecule has 2 nitrogen and oxygen atoms in total. The van der Waals surface area contributed by atoms with Crippen LogP contribution in [0, 0.1) is 11.3 Å². The topological polar surface area (TPSA) is 29.1 Å². The molecule has 1 heterocycles. The number of carbonyl (C=O) groups is 1. The fraction of sp³-hybridized carbons (Fsp3) is 0.611. The molecule has 2 heteroatoms. The molecular weight excluding hydrogens is 246 g/mol. The van der Waals surface area contributed by atoms with Gasteiger partial charge < -0.3 is 5.32 Å². The molecule has 0 aromatic heterocycles. The van der Waals surface area contributed by atoms with Gasteiger partial charge in [-0.1, -0.05) is 60.6 Å². The number of rotatable bonds is 1. The predicted octanol–water partition coefficient (Wildman–Crippen LogP) is 4.70. The van der Waals surface area contributed by atoms with Crippen LogP contribution >= 0.6 is 0 Å². The maximum Gasteiger partial charge on any atom is 0.232 e. The van der Waals surface area contributed by atoms with Crippen LogP contribution in [0.3, 0.4) is 0 Å². The lowest BCUT2D eigenvalue weighted by Gasteiger charge is -2.31. The molecule has 1 aliphatic rings. The first kappa shape index (κ1) is 15.1. The van der Waals surface area contributed by atoms with Gasteiger partial charge in [-0.05, 0) is 33.9 Å². The fourth-order valence-corrected chi connectivity index (χ4v) is 2.75. The number of benzene rings is 1. The first-order valence-electron chi connectivity index (χ1n) is 7.47. The van der Waals surface area contributed by atoms with Crippen LogP contribution in [0.2, 0.25) is 0 Å². The molecule has 1 aliphatic heterocycles. The summed E-state index contributed by atoms with van der Waals surface area (Å²) >= 11 is 0. The molecule has 1 aromatic carbocycles. The van der Waals surface area contributed by atoms with E-state index in [1.54, 1.807) is 0 Å². The van der Waals surface area contributed by atoms with E-state index in [9.17, 15) is 4.79 Å². The van der Waals surface area contributed by atoms with Crippen LogP contribution in [0.5, 0.6) is 0 Å². The second-order valence-corrected chi connectivity index (χ2v) is 8.17. The van der Waals surface area contributed by atoms with Crippen molar-refractivity contribution < 1.29 is 4.79 Å². The zero-order valence-electron chi connectivity index (χ0n) is 13.8. The van der Waals surface area contributed by atoms with E-state index in [1.165, 1.54) is 11.1 Å². The van der Waals surface area contributed by atoms with Crippen LogP contribution in [0.4, 0.5) is 5.69 Å². The molecule has 1 amide bonds. The minimum absolute atomic E-state index is 0.0349. The van der Waals surface area contributed by atoms with Gasteiger partial charge in [-0.3, -0.25) is 4.79 Å². The molecular formula is C18H27NO. The Kier molecular flexibility index (Phi) is 3.48. The monoisotopic (exact) mass is 273 g/mol. The minimum atomic E-state index is -0.0349. The Morgan fingerprint density at radius 3 is 2.20 bits per heavy atom. The Morgan fingerprint density at radius 1 is 1.10 bits per heavy atom. The molecule has 2 unspecified atom stereocenters.